The van der Waals surface area contributed by atoms with E-state index in [1.165, 1.54) is 0 Å². The van der Waals surface area contributed by atoms with Crippen molar-refractivity contribution in [2.24, 2.45) is 10.9 Å². The predicted octanol–water partition coefficient (Wildman–Crippen LogP) is 3.64. The van der Waals surface area contributed by atoms with Crippen LogP contribution in [-0.4, -0.2) is 40.9 Å². The molecule has 1 aliphatic carbocycles. The predicted molar refractivity (Wildman–Crippen MR) is 98.5 cm³/mol. The van der Waals surface area contributed by atoms with Gasteiger partial charge in [0.05, 0.1) is 0 Å². The molecule has 1 fully saturated rings. The molecule has 2 aliphatic rings. The molecule has 8 heteroatoms. The van der Waals surface area contributed by atoms with Crippen LogP contribution in [0.5, 0.6) is 0 Å². The third kappa shape index (κ3) is 3.64. The molecule has 1 aliphatic heterocycles. The summed E-state index contributed by atoms with van der Waals surface area (Å²) in [6, 6.07) is 8.27. The minimum atomic E-state index is -5.04. The third-order valence-electron chi connectivity index (χ3n) is 5.25. The smallest absolute Gasteiger partial charge is 0.316 e. The molecule has 1 aromatic carbocycles. The van der Waals surface area contributed by atoms with Crippen molar-refractivity contribution in [1.82, 2.24) is 10.2 Å². The van der Waals surface area contributed by atoms with Gasteiger partial charge in [-0.05, 0) is 19.3 Å². The maximum atomic E-state index is 14.1. The highest BCUT2D eigenvalue weighted by atomic mass is 19.4. The number of hydrogen-bond donors (Lipinski definition) is 1. The van der Waals surface area contributed by atoms with E-state index in [0.717, 1.165) is 24.2 Å². The maximum Gasteiger partial charge on any atom is 0.442 e. The van der Waals surface area contributed by atoms with Crippen LogP contribution in [0, 0.1) is 5.92 Å². The number of aliphatic imine (C=N–C) groups is 1. The largest absolute Gasteiger partial charge is 0.442 e. The third-order valence-corrected chi connectivity index (χ3v) is 5.25. The first-order valence-electron chi connectivity index (χ1n) is 9.66. The number of hydrogen-bond acceptors (Lipinski definition) is 3. The van der Waals surface area contributed by atoms with Gasteiger partial charge < -0.3 is 5.32 Å². The van der Waals surface area contributed by atoms with Gasteiger partial charge in [0.1, 0.15) is 5.84 Å². The summed E-state index contributed by atoms with van der Waals surface area (Å²) in [6.45, 7) is 1.85. The Hall–Kier alpha value is -2.38. The number of carbonyl (C=O) groups is 2. The lowest BCUT2D eigenvalue weighted by molar-refractivity contribution is -0.200. The van der Waals surface area contributed by atoms with Crippen LogP contribution in [0.1, 0.15) is 51.0 Å². The second-order valence-electron chi connectivity index (χ2n) is 7.29. The fraction of sp³-hybridized carbons (Fsp3) is 0.550. The highest BCUT2D eigenvalue weighted by Crippen LogP contribution is 2.39. The number of benzene rings is 1. The minimum absolute atomic E-state index is 0.0614. The first kappa shape index (κ1) is 20.4. The molecule has 1 heterocycles. The lowest BCUT2D eigenvalue weighted by atomic mass is 9.88. The van der Waals surface area contributed by atoms with E-state index in [1.807, 2.05) is 5.32 Å². The molecule has 0 aromatic heterocycles. The fourth-order valence-corrected chi connectivity index (χ4v) is 3.78. The van der Waals surface area contributed by atoms with Crippen molar-refractivity contribution in [3.05, 3.63) is 35.9 Å². The Morgan fingerprint density at radius 1 is 1.21 bits per heavy atom. The number of rotatable bonds is 5. The first-order chi connectivity index (χ1) is 13.3. The van der Waals surface area contributed by atoms with Crippen LogP contribution in [0.2, 0.25) is 0 Å². The molecule has 1 N–H and O–H groups in total. The van der Waals surface area contributed by atoms with Crippen molar-refractivity contribution in [3.8, 4) is 0 Å². The van der Waals surface area contributed by atoms with Gasteiger partial charge in [0.2, 0.25) is 5.91 Å². The van der Waals surface area contributed by atoms with Crippen LogP contribution < -0.4 is 5.32 Å². The van der Waals surface area contributed by atoms with Crippen LogP contribution in [-0.2, 0) is 9.59 Å². The van der Waals surface area contributed by atoms with Gasteiger partial charge in [-0.3, -0.25) is 14.5 Å². The van der Waals surface area contributed by atoms with Gasteiger partial charge in [-0.1, -0.05) is 56.5 Å². The molecule has 1 atom stereocenters. The highest BCUT2D eigenvalue weighted by Gasteiger charge is 2.67. The molecule has 28 heavy (non-hydrogen) atoms. The fourth-order valence-electron chi connectivity index (χ4n) is 3.78. The maximum absolute atomic E-state index is 14.1. The van der Waals surface area contributed by atoms with Gasteiger partial charge in [-0.25, -0.2) is 4.99 Å². The normalized spacial score (nSPS) is 23.6. The molecule has 0 radical (unpaired) electrons. The zero-order valence-corrected chi connectivity index (χ0v) is 15.8. The number of amides is 2. The van der Waals surface area contributed by atoms with E-state index in [9.17, 15) is 22.8 Å². The Bertz CT molecular complexity index is 758. The van der Waals surface area contributed by atoms with Crippen molar-refractivity contribution < 1.29 is 22.8 Å². The summed E-state index contributed by atoms with van der Waals surface area (Å²) in [5, 5.41) is 2.00. The summed E-state index contributed by atoms with van der Waals surface area (Å²) in [5.41, 5.74) is -2.86. The van der Waals surface area contributed by atoms with Gasteiger partial charge in [0.25, 0.3) is 5.91 Å². The van der Waals surface area contributed by atoms with E-state index in [4.69, 9.17) is 0 Å². The Morgan fingerprint density at radius 3 is 2.43 bits per heavy atom. The summed E-state index contributed by atoms with van der Waals surface area (Å²) in [4.78, 5) is 30.4. The van der Waals surface area contributed by atoms with Crippen LogP contribution in [0.3, 0.4) is 0 Å². The molecule has 1 saturated carbocycles. The van der Waals surface area contributed by atoms with Crippen molar-refractivity contribution in [3.63, 3.8) is 0 Å². The molecule has 0 saturated heterocycles. The van der Waals surface area contributed by atoms with E-state index >= 15 is 0 Å². The summed E-state index contributed by atoms with van der Waals surface area (Å²) in [6.07, 6.45) is -0.965. The lowest BCUT2D eigenvalue weighted by Gasteiger charge is -2.31. The van der Waals surface area contributed by atoms with E-state index in [2.05, 4.69) is 4.99 Å². The van der Waals surface area contributed by atoms with Gasteiger partial charge in [-0.2, -0.15) is 13.2 Å². The summed E-state index contributed by atoms with van der Waals surface area (Å²) < 4.78 is 42.4. The van der Waals surface area contributed by atoms with Crippen molar-refractivity contribution >= 4 is 17.6 Å². The molecule has 2 amide bonds. The average Bonchev–Trinajstić information content (AvgIpc) is 2.97. The molecule has 1 unspecified atom stereocenters. The van der Waals surface area contributed by atoms with E-state index < -0.39 is 29.6 Å². The summed E-state index contributed by atoms with van der Waals surface area (Å²) >= 11 is 0. The zero-order chi connectivity index (χ0) is 20.4. The van der Waals surface area contributed by atoms with Gasteiger partial charge in [0, 0.05) is 18.0 Å². The molecular formula is C20H24F3N3O2. The van der Waals surface area contributed by atoms with Gasteiger partial charge in [0.15, 0.2) is 0 Å². The zero-order valence-electron chi connectivity index (χ0n) is 15.8. The number of amidine groups is 1. The number of nitrogens with one attached hydrogen (secondary N) is 1. The molecule has 3 rings (SSSR count). The van der Waals surface area contributed by atoms with Crippen LogP contribution >= 0.6 is 0 Å². The number of carbonyl (C=O) groups excluding carboxylic acids is 2. The van der Waals surface area contributed by atoms with Crippen molar-refractivity contribution in [1.29, 1.82) is 0 Å². The Morgan fingerprint density at radius 2 is 1.86 bits per heavy atom. The van der Waals surface area contributed by atoms with Crippen LogP contribution in [0.25, 0.3) is 0 Å². The van der Waals surface area contributed by atoms with E-state index in [0.29, 0.717) is 24.8 Å². The van der Waals surface area contributed by atoms with Crippen LogP contribution in [0.4, 0.5) is 13.2 Å². The minimum Gasteiger partial charge on any atom is -0.316 e. The van der Waals surface area contributed by atoms with Crippen molar-refractivity contribution in [2.45, 2.75) is 57.3 Å². The Kier molecular flexibility index (Phi) is 5.76. The molecule has 0 spiro atoms. The Balaban J connectivity index is 2.02. The van der Waals surface area contributed by atoms with Gasteiger partial charge >= 0.3 is 11.8 Å². The summed E-state index contributed by atoms with van der Waals surface area (Å²) in [7, 11) is 0. The summed E-state index contributed by atoms with van der Waals surface area (Å²) in [5.74, 6) is -2.57. The highest BCUT2D eigenvalue weighted by molar-refractivity contribution is 6.16. The average molecular weight is 395 g/mol. The number of nitrogens with zero attached hydrogens (tertiary/aromatic N) is 2. The molecule has 1 aromatic rings. The van der Waals surface area contributed by atoms with Gasteiger partial charge in [-0.15, -0.1) is 0 Å². The standard InChI is InChI=1S/C20H24F3N3O2/c1-2-13-26-16(14-9-5-3-6-10-14)24-19(18(26)28,20(21,22)23)25-17(27)15-11-7-4-8-12-15/h3,5-6,9-10,15H,2,4,7-8,11-13H2,1H3,(H,25,27). The quantitative estimate of drug-likeness (QED) is 0.827. The number of halogens is 3. The van der Waals surface area contributed by atoms with E-state index in [1.54, 1.807) is 37.3 Å². The second kappa shape index (κ2) is 7.93. The lowest BCUT2D eigenvalue weighted by Crippen LogP contribution is -2.64. The monoisotopic (exact) mass is 395 g/mol. The molecule has 5 nitrogen and oxygen atoms in total. The Labute approximate surface area is 162 Å². The van der Waals surface area contributed by atoms with Crippen LogP contribution in [0.15, 0.2) is 35.3 Å². The molecule has 152 valence electrons. The van der Waals surface area contributed by atoms with E-state index in [-0.39, 0.29) is 12.4 Å². The van der Waals surface area contributed by atoms with Crippen molar-refractivity contribution in [2.75, 3.05) is 6.54 Å². The SMILES string of the molecule is CCCN1C(=O)C(NC(=O)C2CCCCC2)(C(F)(F)F)N=C1c1ccccc1. The second-order valence-corrected chi connectivity index (χ2v) is 7.29. The molecule has 0 bridgehead atoms. The number of alkyl halides is 3. The molecular weight excluding hydrogens is 371 g/mol. The topological polar surface area (TPSA) is 61.8 Å². The first-order valence-corrected chi connectivity index (χ1v) is 9.66.